The summed E-state index contributed by atoms with van der Waals surface area (Å²) >= 11 is 1.47. The quantitative estimate of drug-likeness (QED) is 0.553. The Labute approximate surface area is 86.9 Å². The van der Waals surface area contributed by atoms with Crippen molar-refractivity contribution >= 4 is 17.3 Å². The molecule has 3 nitrogen and oxygen atoms in total. The van der Waals surface area contributed by atoms with Gasteiger partial charge in [0.25, 0.3) is 0 Å². The summed E-state index contributed by atoms with van der Waals surface area (Å²) in [6, 6.07) is 3.78. The lowest BCUT2D eigenvalue weighted by Crippen LogP contribution is -2.04. The van der Waals surface area contributed by atoms with Crippen LogP contribution in [0.1, 0.15) is 29.6 Å². The molecule has 0 atom stereocenters. The second-order valence-electron chi connectivity index (χ2n) is 2.76. The smallest absolute Gasteiger partial charge is 0.338 e. The second kappa shape index (κ2) is 6.17. The molecule has 0 fully saturated rings. The van der Waals surface area contributed by atoms with Crippen LogP contribution in [0, 0.1) is 11.3 Å². The van der Waals surface area contributed by atoms with Crippen LogP contribution in [0.25, 0.3) is 0 Å². The van der Waals surface area contributed by atoms with E-state index in [2.05, 4.69) is 0 Å². The molecule has 4 heteroatoms. The van der Waals surface area contributed by atoms with E-state index < -0.39 is 0 Å². The Morgan fingerprint density at radius 3 is 3.07 bits per heavy atom. The molecule has 0 saturated carbocycles. The highest BCUT2D eigenvalue weighted by Crippen LogP contribution is 2.07. The summed E-state index contributed by atoms with van der Waals surface area (Å²) < 4.78 is 4.99. The van der Waals surface area contributed by atoms with E-state index >= 15 is 0 Å². The third kappa shape index (κ3) is 3.58. The number of ether oxygens (including phenoxy) is 1. The molecular weight excluding hydrogens is 198 g/mol. The van der Waals surface area contributed by atoms with E-state index in [0.717, 1.165) is 12.8 Å². The molecule has 0 amide bonds. The van der Waals surface area contributed by atoms with Gasteiger partial charge < -0.3 is 4.74 Å². The molecule has 0 unspecified atom stereocenters. The highest BCUT2D eigenvalue weighted by Gasteiger charge is 2.05. The molecule has 1 rings (SSSR count). The molecule has 0 saturated heterocycles. The topological polar surface area (TPSA) is 50.1 Å². The first kappa shape index (κ1) is 10.7. The van der Waals surface area contributed by atoms with Crippen molar-refractivity contribution in [2.75, 3.05) is 6.61 Å². The van der Waals surface area contributed by atoms with Gasteiger partial charge in [0.2, 0.25) is 0 Å². The van der Waals surface area contributed by atoms with E-state index in [4.69, 9.17) is 10.00 Å². The largest absolute Gasteiger partial charge is 0.462 e. The molecule has 0 aliphatic carbocycles. The van der Waals surface area contributed by atoms with E-state index in [1.54, 1.807) is 11.4 Å². The van der Waals surface area contributed by atoms with Gasteiger partial charge in [-0.3, -0.25) is 0 Å². The number of hydrogen-bond donors (Lipinski definition) is 0. The molecule has 0 spiro atoms. The van der Waals surface area contributed by atoms with Crippen LogP contribution in [0.4, 0.5) is 0 Å². The van der Waals surface area contributed by atoms with Gasteiger partial charge in [-0.1, -0.05) is 0 Å². The van der Waals surface area contributed by atoms with E-state index in [1.807, 2.05) is 11.4 Å². The van der Waals surface area contributed by atoms with Crippen molar-refractivity contribution in [2.45, 2.75) is 19.3 Å². The van der Waals surface area contributed by atoms with Crippen LogP contribution in [0.5, 0.6) is 0 Å². The third-order valence-electron chi connectivity index (χ3n) is 1.67. The zero-order chi connectivity index (χ0) is 10.2. The fraction of sp³-hybridized carbons (Fsp3) is 0.400. The van der Waals surface area contributed by atoms with Gasteiger partial charge in [-0.05, 0) is 24.3 Å². The number of thiophene rings is 1. The number of nitriles is 1. The van der Waals surface area contributed by atoms with Crippen LogP contribution in [0.15, 0.2) is 16.8 Å². The predicted octanol–water partition coefficient (Wildman–Crippen LogP) is 2.60. The van der Waals surface area contributed by atoms with Crippen LogP contribution in [0.2, 0.25) is 0 Å². The van der Waals surface area contributed by atoms with Gasteiger partial charge in [0.1, 0.15) is 0 Å². The van der Waals surface area contributed by atoms with Crippen LogP contribution in [0.3, 0.4) is 0 Å². The monoisotopic (exact) mass is 209 g/mol. The summed E-state index contributed by atoms with van der Waals surface area (Å²) in [6.45, 7) is 0.399. The fourth-order valence-electron chi connectivity index (χ4n) is 0.935. The summed E-state index contributed by atoms with van der Waals surface area (Å²) in [7, 11) is 0. The van der Waals surface area contributed by atoms with Gasteiger partial charge in [0.15, 0.2) is 0 Å². The highest BCUT2D eigenvalue weighted by molar-refractivity contribution is 7.08. The maximum Gasteiger partial charge on any atom is 0.338 e. The lowest BCUT2D eigenvalue weighted by Gasteiger charge is -2.01. The Morgan fingerprint density at radius 2 is 2.43 bits per heavy atom. The Kier molecular flexibility index (Phi) is 4.73. The van der Waals surface area contributed by atoms with Crippen molar-refractivity contribution in [1.29, 1.82) is 5.26 Å². The minimum Gasteiger partial charge on any atom is -0.462 e. The molecule has 0 aliphatic heterocycles. The van der Waals surface area contributed by atoms with Crippen molar-refractivity contribution in [2.24, 2.45) is 0 Å². The molecule has 0 N–H and O–H groups in total. The van der Waals surface area contributed by atoms with E-state index in [9.17, 15) is 4.79 Å². The average molecular weight is 209 g/mol. The Hall–Kier alpha value is -1.34. The zero-order valence-corrected chi connectivity index (χ0v) is 8.55. The average Bonchev–Trinajstić information content (AvgIpc) is 2.70. The van der Waals surface area contributed by atoms with Crippen LogP contribution in [-0.2, 0) is 4.74 Å². The molecule has 1 heterocycles. The number of carbonyl (C=O) groups is 1. The Bertz CT molecular complexity index is 313. The van der Waals surface area contributed by atoms with Crippen molar-refractivity contribution in [1.82, 2.24) is 0 Å². The second-order valence-corrected chi connectivity index (χ2v) is 3.54. The van der Waals surface area contributed by atoms with Gasteiger partial charge in [-0.2, -0.15) is 16.6 Å². The third-order valence-corrected chi connectivity index (χ3v) is 2.36. The molecule has 0 radical (unpaired) electrons. The molecule has 0 aliphatic rings. The summed E-state index contributed by atoms with van der Waals surface area (Å²) in [5.41, 5.74) is 0.607. The van der Waals surface area contributed by atoms with Gasteiger partial charge in [-0.15, -0.1) is 0 Å². The number of carbonyl (C=O) groups excluding carboxylic acids is 1. The molecule has 1 aromatic heterocycles. The first-order chi connectivity index (χ1) is 6.84. The van der Waals surface area contributed by atoms with Crippen LogP contribution >= 0.6 is 11.3 Å². The van der Waals surface area contributed by atoms with Crippen LogP contribution < -0.4 is 0 Å². The van der Waals surface area contributed by atoms with E-state index in [-0.39, 0.29) is 5.97 Å². The zero-order valence-electron chi connectivity index (χ0n) is 7.73. The SMILES string of the molecule is N#CCCCCOC(=O)c1ccsc1. The van der Waals surface area contributed by atoms with Crippen molar-refractivity contribution in [3.8, 4) is 6.07 Å². The highest BCUT2D eigenvalue weighted by atomic mass is 32.1. The maximum absolute atomic E-state index is 11.3. The number of hydrogen-bond acceptors (Lipinski definition) is 4. The Morgan fingerprint density at radius 1 is 1.57 bits per heavy atom. The van der Waals surface area contributed by atoms with Crippen molar-refractivity contribution < 1.29 is 9.53 Å². The van der Waals surface area contributed by atoms with Crippen molar-refractivity contribution in [3.05, 3.63) is 22.4 Å². The standard InChI is InChI=1S/C10H11NO2S/c11-5-2-1-3-6-13-10(12)9-4-7-14-8-9/h4,7-8H,1-3,6H2. The maximum atomic E-state index is 11.3. The number of esters is 1. The first-order valence-corrected chi connectivity index (χ1v) is 5.35. The van der Waals surface area contributed by atoms with Gasteiger partial charge in [-0.25, -0.2) is 4.79 Å². The summed E-state index contributed by atoms with van der Waals surface area (Å²) in [5.74, 6) is -0.275. The molecule has 1 aromatic rings. The lowest BCUT2D eigenvalue weighted by atomic mass is 10.2. The number of nitrogens with zero attached hydrogens (tertiary/aromatic N) is 1. The minimum atomic E-state index is -0.275. The van der Waals surface area contributed by atoms with Gasteiger partial charge in [0.05, 0.1) is 18.2 Å². The summed E-state index contributed by atoms with van der Waals surface area (Å²) in [4.78, 5) is 11.3. The van der Waals surface area contributed by atoms with Crippen molar-refractivity contribution in [3.63, 3.8) is 0 Å². The van der Waals surface area contributed by atoms with E-state index in [1.165, 1.54) is 11.3 Å². The summed E-state index contributed by atoms with van der Waals surface area (Å²) in [6.07, 6.45) is 2.06. The summed E-state index contributed by atoms with van der Waals surface area (Å²) in [5, 5.41) is 11.9. The molecular formula is C10H11NO2S. The number of unbranched alkanes of at least 4 members (excludes halogenated alkanes) is 2. The molecule has 14 heavy (non-hydrogen) atoms. The molecule has 0 bridgehead atoms. The normalized spacial score (nSPS) is 9.36. The van der Waals surface area contributed by atoms with Crippen LogP contribution in [-0.4, -0.2) is 12.6 Å². The predicted molar refractivity (Wildman–Crippen MR) is 54.1 cm³/mol. The first-order valence-electron chi connectivity index (χ1n) is 4.41. The van der Waals surface area contributed by atoms with Gasteiger partial charge >= 0.3 is 5.97 Å². The number of rotatable bonds is 5. The Balaban J connectivity index is 2.14. The van der Waals surface area contributed by atoms with E-state index in [0.29, 0.717) is 18.6 Å². The lowest BCUT2D eigenvalue weighted by molar-refractivity contribution is 0.0499. The fourth-order valence-corrected chi connectivity index (χ4v) is 1.56. The van der Waals surface area contributed by atoms with Gasteiger partial charge in [0, 0.05) is 11.8 Å². The molecule has 0 aromatic carbocycles. The minimum absolute atomic E-state index is 0.275. The molecule has 74 valence electrons.